The van der Waals surface area contributed by atoms with Crippen LogP contribution in [0.2, 0.25) is 0 Å². The van der Waals surface area contributed by atoms with Crippen molar-refractivity contribution in [1.29, 1.82) is 0 Å². The molecule has 1 saturated heterocycles. The number of hydrogen-bond donors (Lipinski definition) is 1. The van der Waals surface area contributed by atoms with Gasteiger partial charge < -0.3 is 9.64 Å². The number of amides is 1. The van der Waals surface area contributed by atoms with Crippen LogP contribution in [-0.2, 0) is 0 Å². The van der Waals surface area contributed by atoms with Crippen molar-refractivity contribution in [2.45, 2.75) is 32.7 Å². The largest absolute Gasteiger partial charge is 0.439 e. The van der Waals surface area contributed by atoms with E-state index in [1.165, 1.54) is 0 Å². The molecule has 7 heteroatoms. The third-order valence-corrected chi connectivity index (χ3v) is 4.70. The summed E-state index contributed by atoms with van der Waals surface area (Å²) >= 11 is 0. The molecule has 1 fully saturated rings. The molecule has 3 aromatic rings. The Morgan fingerprint density at radius 2 is 2.07 bits per heavy atom. The summed E-state index contributed by atoms with van der Waals surface area (Å²) in [6.45, 7) is 4.58. The van der Waals surface area contributed by atoms with Crippen molar-refractivity contribution >= 4 is 5.91 Å². The van der Waals surface area contributed by atoms with E-state index in [1.54, 1.807) is 17.2 Å². The molecule has 4 rings (SSSR count). The van der Waals surface area contributed by atoms with E-state index >= 15 is 0 Å². The van der Waals surface area contributed by atoms with Crippen LogP contribution in [0, 0.1) is 13.8 Å². The minimum Gasteiger partial charge on any atom is -0.439 e. The number of rotatable bonds is 4. The number of aromatic amines is 1. The molecule has 0 aliphatic carbocycles. The summed E-state index contributed by atoms with van der Waals surface area (Å²) < 4.78 is 5.99. The lowest BCUT2D eigenvalue weighted by atomic mass is 10.2. The normalized spacial score (nSPS) is 16.5. The first-order valence-electron chi connectivity index (χ1n) is 9.01. The van der Waals surface area contributed by atoms with Crippen molar-refractivity contribution in [3.05, 3.63) is 65.4 Å². The molecule has 1 aliphatic rings. The van der Waals surface area contributed by atoms with Crippen LogP contribution >= 0.6 is 0 Å². The van der Waals surface area contributed by atoms with Crippen molar-refractivity contribution in [2.24, 2.45) is 0 Å². The van der Waals surface area contributed by atoms with Gasteiger partial charge in [-0.15, -0.1) is 0 Å². The predicted molar refractivity (Wildman–Crippen MR) is 99.6 cm³/mol. The first kappa shape index (κ1) is 17.2. The number of H-pyrrole nitrogens is 1. The molecule has 1 N–H and O–H groups in total. The maximum Gasteiger partial charge on any atom is 0.272 e. The number of aryl methyl sites for hydroxylation is 2. The van der Waals surface area contributed by atoms with Crippen molar-refractivity contribution < 1.29 is 9.53 Å². The molecule has 0 radical (unpaired) electrons. The first-order valence-corrected chi connectivity index (χ1v) is 9.01. The second-order valence-corrected chi connectivity index (χ2v) is 6.70. The maximum absolute atomic E-state index is 12.8. The average molecular weight is 363 g/mol. The Balaban J connectivity index is 1.62. The molecule has 27 heavy (non-hydrogen) atoms. The number of likely N-dealkylation sites (tertiary alicyclic amines) is 1. The molecule has 138 valence electrons. The summed E-state index contributed by atoms with van der Waals surface area (Å²) in [5.41, 5.74) is 2.32. The molecule has 7 nitrogen and oxygen atoms in total. The van der Waals surface area contributed by atoms with Gasteiger partial charge in [0.05, 0.1) is 6.04 Å². The molecule has 1 unspecified atom stereocenters. The zero-order chi connectivity index (χ0) is 18.8. The molecular formula is C20H21N5O2. The van der Waals surface area contributed by atoms with Crippen LogP contribution in [0.25, 0.3) is 0 Å². The highest BCUT2D eigenvalue weighted by molar-refractivity contribution is 5.92. The van der Waals surface area contributed by atoms with Crippen molar-refractivity contribution in [1.82, 2.24) is 25.1 Å². The zero-order valence-corrected chi connectivity index (χ0v) is 15.3. The lowest BCUT2D eigenvalue weighted by Gasteiger charge is -2.23. The number of nitrogens with one attached hydrogen (secondary N) is 1. The fourth-order valence-corrected chi connectivity index (χ4v) is 3.35. The Hall–Kier alpha value is -3.22. The molecule has 2 aromatic heterocycles. The monoisotopic (exact) mass is 363 g/mol. The van der Waals surface area contributed by atoms with Crippen LogP contribution in [0.3, 0.4) is 0 Å². The fraction of sp³-hybridized carbons (Fsp3) is 0.300. The number of carbonyl (C=O) groups is 1. The standard InChI is InChI=1S/C20H21N5O2/c1-13-6-3-4-8-17(13)27-18-12-14(2)22-19(23-18)16-7-5-11-25(16)20(26)15-9-10-21-24-15/h3-4,6,8-10,12,16H,5,7,11H2,1-2H3,(H,21,24). The minimum absolute atomic E-state index is 0.0820. The van der Waals surface area contributed by atoms with Gasteiger partial charge in [-0.3, -0.25) is 9.89 Å². The summed E-state index contributed by atoms with van der Waals surface area (Å²) in [7, 11) is 0. The molecule has 1 atom stereocenters. The van der Waals surface area contributed by atoms with Gasteiger partial charge in [0, 0.05) is 24.5 Å². The average Bonchev–Trinajstić information content (AvgIpc) is 3.35. The Kier molecular flexibility index (Phi) is 4.58. The summed E-state index contributed by atoms with van der Waals surface area (Å²) in [6.07, 6.45) is 3.32. The third-order valence-electron chi connectivity index (χ3n) is 4.70. The van der Waals surface area contributed by atoms with Gasteiger partial charge in [-0.05, 0) is 44.4 Å². The second kappa shape index (κ2) is 7.19. The number of ether oxygens (including phenoxy) is 1. The maximum atomic E-state index is 12.8. The SMILES string of the molecule is Cc1cc(Oc2ccccc2C)nc(C2CCCN2C(=O)c2ccn[nH]2)n1. The second-order valence-electron chi connectivity index (χ2n) is 6.70. The van der Waals surface area contributed by atoms with E-state index < -0.39 is 0 Å². The lowest BCUT2D eigenvalue weighted by molar-refractivity contribution is 0.0723. The summed E-state index contributed by atoms with van der Waals surface area (Å²) in [5.74, 6) is 1.79. The van der Waals surface area contributed by atoms with Crippen LogP contribution in [0.1, 0.15) is 46.5 Å². The Bertz CT molecular complexity index is 955. The number of nitrogens with zero attached hydrogens (tertiary/aromatic N) is 4. The van der Waals surface area contributed by atoms with Crippen LogP contribution < -0.4 is 4.74 Å². The lowest BCUT2D eigenvalue weighted by Crippen LogP contribution is -2.31. The topological polar surface area (TPSA) is 84.0 Å². The number of hydrogen-bond acceptors (Lipinski definition) is 5. The van der Waals surface area contributed by atoms with Gasteiger partial charge >= 0.3 is 0 Å². The summed E-state index contributed by atoms with van der Waals surface area (Å²) in [6, 6.07) is 11.1. The van der Waals surface area contributed by atoms with Gasteiger partial charge in [0.15, 0.2) is 5.82 Å². The van der Waals surface area contributed by atoms with Gasteiger partial charge in [-0.1, -0.05) is 18.2 Å². The van der Waals surface area contributed by atoms with Crippen LogP contribution in [0.5, 0.6) is 11.6 Å². The summed E-state index contributed by atoms with van der Waals surface area (Å²) in [4.78, 5) is 23.8. The predicted octanol–water partition coefficient (Wildman–Crippen LogP) is 3.59. The smallest absolute Gasteiger partial charge is 0.272 e. The van der Waals surface area contributed by atoms with Crippen LogP contribution in [0.4, 0.5) is 0 Å². The van der Waals surface area contributed by atoms with E-state index in [0.29, 0.717) is 23.9 Å². The van der Waals surface area contributed by atoms with Gasteiger partial charge in [0.25, 0.3) is 5.91 Å². The van der Waals surface area contributed by atoms with Crippen molar-refractivity contribution in [2.75, 3.05) is 6.54 Å². The van der Waals surface area contributed by atoms with Gasteiger partial charge in [-0.2, -0.15) is 10.1 Å². The zero-order valence-electron chi connectivity index (χ0n) is 15.3. The molecule has 1 aliphatic heterocycles. The third kappa shape index (κ3) is 3.53. The van der Waals surface area contributed by atoms with E-state index in [-0.39, 0.29) is 11.9 Å². The molecule has 0 spiro atoms. The van der Waals surface area contributed by atoms with E-state index in [2.05, 4.69) is 20.2 Å². The first-order chi connectivity index (χ1) is 13.1. The summed E-state index contributed by atoms with van der Waals surface area (Å²) in [5, 5.41) is 6.61. The van der Waals surface area contributed by atoms with E-state index in [4.69, 9.17) is 4.74 Å². The molecular weight excluding hydrogens is 342 g/mol. The molecule has 0 bridgehead atoms. The van der Waals surface area contributed by atoms with E-state index in [9.17, 15) is 4.79 Å². The Labute approximate surface area is 157 Å². The highest BCUT2D eigenvalue weighted by Gasteiger charge is 2.33. The van der Waals surface area contributed by atoms with E-state index in [0.717, 1.165) is 29.8 Å². The van der Waals surface area contributed by atoms with Crippen molar-refractivity contribution in [3.8, 4) is 11.6 Å². The van der Waals surface area contributed by atoms with Gasteiger partial charge in [0.2, 0.25) is 5.88 Å². The minimum atomic E-state index is -0.167. The van der Waals surface area contributed by atoms with Gasteiger partial charge in [0.1, 0.15) is 11.4 Å². The number of para-hydroxylation sites is 1. The number of benzene rings is 1. The van der Waals surface area contributed by atoms with Crippen molar-refractivity contribution in [3.63, 3.8) is 0 Å². The molecule has 3 heterocycles. The highest BCUT2D eigenvalue weighted by Crippen LogP contribution is 2.33. The quantitative estimate of drug-likeness (QED) is 0.766. The fourth-order valence-electron chi connectivity index (χ4n) is 3.35. The Morgan fingerprint density at radius 1 is 1.22 bits per heavy atom. The van der Waals surface area contributed by atoms with Crippen LogP contribution in [0.15, 0.2) is 42.6 Å². The molecule has 1 amide bonds. The molecule has 0 saturated carbocycles. The number of carbonyl (C=O) groups excluding carboxylic acids is 1. The number of aromatic nitrogens is 4. The van der Waals surface area contributed by atoms with E-state index in [1.807, 2.05) is 44.2 Å². The Morgan fingerprint density at radius 3 is 2.85 bits per heavy atom. The van der Waals surface area contributed by atoms with Crippen LogP contribution in [-0.4, -0.2) is 37.5 Å². The molecule has 1 aromatic carbocycles. The highest BCUT2D eigenvalue weighted by atomic mass is 16.5. The van der Waals surface area contributed by atoms with Gasteiger partial charge in [-0.25, -0.2) is 4.98 Å².